The number of para-hydroxylation sites is 1. The molecule has 1 saturated heterocycles. The molecule has 2 atom stereocenters. The highest BCUT2D eigenvalue weighted by atomic mass is 16.5. The van der Waals surface area contributed by atoms with Crippen LogP contribution in [0.1, 0.15) is 42.4 Å². The van der Waals surface area contributed by atoms with E-state index in [0.717, 1.165) is 42.1 Å². The van der Waals surface area contributed by atoms with Gasteiger partial charge in [0.1, 0.15) is 17.1 Å². The van der Waals surface area contributed by atoms with Crippen molar-refractivity contribution in [1.82, 2.24) is 0 Å². The predicted molar refractivity (Wildman–Crippen MR) is 128 cm³/mol. The molecule has 0 spiro atoms. The second kappa shape index (κ2) is 10.2. The predicted octanol–water partition coefficient (Wildman–Crippen LogP) is 3.79. The first-order chi connectivity index (χ1) is 15.7. The third kappa shape index (κ3) is 4.52. The number of hydrogen-bond donors (Lipinski definition) is 2. The van der Waals surface area contributed by atoms with Crippen molar-refractivity contribution in [3.05, 3.63) is 95.6 Å². The van der Waals surface area contributed by atoms with Crippen molar-refractivity contribution in [1.29, 1.82) is 0 Å². The van der Waals surface area contributed by atoms with E-state index in [1.807, 2.05) is 61.5 Å². The number of quaternary nitrogens is 1. The fourth-order valence-corrected chi connectivity index (χ4v) is 5.04. The number of benzene rings is 3. The van der Waals surface area contributed by atoms with E-state index in [-0.39, 0.29) is 5.92 Å². The summed E-state index contributed by atoms with van der Waals surface area (Å²) < 4.78 is 11.4. The number of ether oxygens (including phenoxy) is 2. The van der Waals surface area contributed by atoms with Gasteiger partial charge in [-0.05, 0) is 36.2 Å². The molecule has 3 aromatic carbocycles. The second-order valence-corrected chi connectivity index (χ2v) is 8.55. The maximum atomic E-state index is 12.7. The van der Waals surface area contributed by atoms with Crippen molar-refractivity contribution >= 4 is 0 Å². The van der Waals surface area contributed by atoms with Gasteiger partial charge in [-0.15, -0.1) is 0 Å². The maximum Gasteiger partial charge on any atom is 0.130 e. The molecule has 0 radical (unpaired) electrons. The van der Waals surface area contributed by atoms with Gasteiger partial charge in [0.15, 0.2) is 0 Å². The van der Waals surface area contributed by atoms with Crippen LogP contribution in [0.25, 0.3) is 0 Å². The monoisotopic (exact) mass is 432 g/mol. The number of nitrogens with one attached hydrogen (secondary N) is 1. The van der Waals surface area contributed by atoms with Crippen LogP contribution in [0.2, 0.25) is 0 Å². The minimum Gasteiger partial charge on any atom is -0.496 e. The lowest BCUT2D eigenvalue weighted by molar-refractivity contribution is -0.889. The molecular formula is C28H34NO3+. The van der Waals surface area contributed by atoms with Crippen molar-refractivity contribution in [3.8, 4) is 11.5 Å². The van der Waals surface area contributed by atoms with Gasteiger partial charge in [-0.3, -0.25) is 0 Å². The molecule has 4 rings (SSSR count). The van der Waals surface area contributed by atoms with Gasteiger partial charge in [0, 0.05) is 18.4 Å². The van der Waals surface area contributed by atoms with Crippen LogP contribution in [0.3, 0.4) is 0 Å². The molecular weight excluding hydrogens is 398 g/mol. The van der Waals surface area contributed by atoms with E-state index < -0.39 is 5.60 Å². The smallest absolute Gasteiger partial charge is 0.130 e. The zero-order valence-corrected chi connectivity index (χ0v) is 19.1. The molecule has 3 aromatic rings. The SMILES string of the molecule is CCOc1ccc([C@@](O)(c2ccccc2OC)[C@@H](C[NH+]2CCCC2)c2ccccc2)cc1. The first kappa shape index (κ1) is 22.4. The fourth-order valence-electron chi connectivity index (χ4n) is 5.04. The molecule has 1 aliphatic heterocycles. The van der Waals surface area contributed by atoms with Gasteiger partial charge < -0.3 is 19.5 Å². The third-order valence-electron chi connectivity index (χ3n) is 6.63. The minimum absolute atomic E-state index is 0.133. The lowest BCUT2D eigenvalue weighted by atomic mass is 9.72. The maximum absolute atomic E-state index is 12.7. The number of rotatable bonds is 9. The summed E-state index contributed by atoms with van der Waals surface area (Å²) in [6.07, 6.45) is 2.49. The lowest BCUT2D eigenvalue weighted by Gasteiger charge is -2.39. The van der Waals surface area contributed by atoms with E-state index in [1.165, 1.54) is 17.7 Å². The Bertz CT molecular complexity index is 983. The summed E-state index contributed by atoms with van der Waals surface area (Å²) in [5.41, 5.74) is 1.51. The Morgan fingerprint density at radius 2 is 1.56 bits per heavy atom. The minimum atomic E-state index is -1.26. The average molecular weight is 433 g/mol. The van der Waals surface area contributed by atoms with Crippen LogP contribution in [0, 0.1) is 0 Å². The van der Waals surface area contributed by atoms with E-state index in [0.29, 0.717) is 12.4 Å². The van der Waals surface area contributed by atoms with Crippen LogP contribution in [-0.4, -0.2) is 38.5 Å². The van der Waals surface area contributed by atoms with E-state index >= 15 is 0 Å². The zero-order valence-electron chi connectivity index (χ0n) is 19.1. The molecule has 32 heavy (non-hydrogen) atoms. The fraction of sp³-hybridized carbons (Fsp3) is 0.357. The standard InChI is InChI=1S/C28H33NO3/c1-3-32-24-17-15-23(16-18-24)28(30,25-13-7-8-14-27(25)31-2)26(21-29-19-9-10-20-29)22-11-5-4-6-12-22/h4-8,11-18,26,30H,3,9-10,19-21H2,1-2H3/p+1/t26-,28+/m0/s1. The van der Waals surface area contributed by atoms with Crippen LogP contribution in [-0.2, 0) is 5.60 Å². The molecule has 0 aliphatic carbocycles. The number of aliphatic hydroxyl groups is 1. The van der Waals surface area contributed by atoms with Gasteiger partial charge in [-0.2, -0.15) is 0 Å². The van der Waals surface area contributed by atoms with Crippen molar-refractivity contribution in [2.45, 2.75) is 31.3 Å². The second-order valence-electron chi connectivity index (χ2n) is 8.55. The Labute approximate surface area is 191 Å². The Kier molecular flexibility index (Phi) is 7.13. The molecule has 1 heterocycles. The topological polar surface area (TPSA) is 43.1 Å². The third-order valence-corrected chi connectivity index (χ3v) is 6.63. The van der Waals surface area contributed by atoms with Crippen molar-refractivity contribution in [3.63, 3.8) is 0 Å². The highest BCUT2D eigenvalue weighted by Crippen LogP contribution is 2.45. The quantitative estimate of drug-likeness (QED) is 0.541. The molecule has 0 bridgehead atoms. The molecule has 4 heteroatoms. The number of likely N-dealkylation sites (tertiary alicyclic amines) is 1. The summed E-state index contributed by atoms with van der Waals surface area (Å²) in [6, 6.07) is 26.1. The molecule has 0 saturated carbocycles. The Morgan fingerprint density at radius 3 is 2.22 bits per heavy atom. The van der Waals surface area contributed by atoms with Gasteiger partial charge in [0.05, 0.1) is 39.3 Å². The van der Waals surface area contributed by atoms with E-state index in [2.05, 4.69) is 24.3 Å². The summed E-state index contributed by atoms with van der Waals surface area (Å²) in [5.74, 6) is 1.37. The molecule has 1 aliphatic rings. The van der Waals surface area contributed by atoms with Crippen LogP contribution in [0.5, 0.6) is 11.5 Å². The Morgan fingerprint density at radius 1 is 0.906 bits per heavy atom. The van der Waals surface area contributed by atoms with Crippen LogP contribution in [0.15, 0.2) is 78.9 Å². The first-order valence-corrected chi connectivity index (χ1v) is 11.6. The number of hydrogen-bond acceptors (Lipinski definition) is 3. The average Bonchev–Trinajstić information content (AvgIpc) is 3.37. The van der Waals surface area contributed by atoms with E-state index in [9.17, 15) is 5.11 Å². The summed E-state index contributed by atoms with van der Waals surface area (Å²) in [5, 5.41) is 12.7. The van der Waals surface area contributed by atoms with Gasteiger partial charge in [0.25, 0.3) is 0 Å². The summed E-state index contributed by atoms with van der Waals surface area (Å²) in [4.78, 5) is 1.54. The largest absolute Gasteiger partial charge is 0.496 e. The Balaban J connectivity index is 1.89. The van der Waals surface area contributed by atoms with Gasteiger partial charge in [-0.1, -0.05) is 60.7 Å². The highest BCUT2D eigenvalue weighted by molar-refractivity contribution is 5.49. The van der Waals surface area contributed by atoms with E-state index in [1.54, 1.807) is 7.11 Å². The molecule has 0 unspecified atom stereocenters. The van der Waals surface area contributed by atoms with Gasteiger partial charge >= 0.3 is 0 Å². The molecule has 1 fully saturated rings. The normalized spacial score (nSPS) is 17.0. The van der Waals surface area contributed by atoms with Crippen molar-refractivity contribution in [2.24, 2.45) is 0 Å². The van der Waals surface area contributed by atoms with Crippen LogP contribution < -0.4 is 14.4 Å². The number of methoxy groups -OCH3 is 1. The van der Waals surface area contributed by atoms with Crippen LogP contribution in [0.4, 0.5) is 0 Å². The van der Waals surface area contributed by atoms with Gasteiger partial charge in [0.2, 0.25) is 0 Å². The highest BCUT2D eigenvalue weighted by Gasteiger charge is 2.45. The van der Waals surface area contributed by atoms with E-state index in [4.69, 9.17) is 9.47 Å². The molecule has 168 valence electrons. The summed E-state index contributed by atoms with van der Waals surface area (Å²) in [7, 11) is 1.67. The molecule has 4 nitrogen and oxygen atoms in total. The molecule has 2 N–H and O–H groups in total. The summed E-state index contributed by atoms with van der Waals surface area (Å²) in [6.45, 7) is 5.74. The summed E-state index contributed by atoms with van der Waals surface area (Å²) >= 11 is 0. The first-order valence-electron chi connectivity index (χ1n) is 11.6. The molecule has 0 aromatic heterocycles. The van der Waals surface area contributed by atoms with Crippen LogP contribution >= 0.6 is 0 Å². The zero-order chi connectivity index (χ0) is 22.4. The Hall–Kier alpha value is -2.82. The lowest BCUT2D eigenvalue weighted by Crippen LogP contribution is -3.10. The van der Waals surface area contributed by atoms with Crippen molar-refractivity contribution in [2.75, 3.05) is 33.4 Å². The van der Waals surface area contributed by atoms with Gasteiger partial charge in [-0.25, -0.2) is 0 Å². The molecule has 0 amide bonds. The van der Waals surface area contributed by atoms with Crippen molar-refractivity contribution < 1.29 is 19.5 Å².